The summed E-state index contributed by atoms with van der Waals surface area (Å²) in [7, 11) is 1.31. The fourth-order valence-electron chi connectivity index (χ4n) is 1.53. The summed E-state index contributed by atoms with van der Waals surface area (Å²) in [5.41, 5.74) is 0.844. The van der Waals surface area contributed by atoms with Gasteiger partial charge in [-0.3, -0.25) is 0 Å². The molecule has 0 aliphatic carbocycles. The van der Waals surface area contributed by atoms with E-state index in [1.54, 1.807) is 25.1 Å². The fraction of sp³-hybridized carbons (Fsp3) is 0.182. The Morgan fingerprint density at radius 1 is 1.50 bits per heavy atom. The van der Waals surface area contributed by atoms with Crippen LogP contribution in [-0.4, -0.2) is 27.8 Å². The van der Waals surface area contributed by atoms with Crippen LogP contribution in [0.2, 0.25) is 5.15 Å². The molecule has 0 fully saturated rings. The molecule has 0 unspecified atom stereocenters. The van der Waals surface area contributed by atoms with Gasteiger partial charge in [0.05, 0.1) is 12.8 Å². The van der Waals surface area contributed by atoms with Gasteiger partial charge in [-0.15, -0.1) is 12.6 Å². The summed E-state index contributed by atoms with van der Waals surface area (Å²) in [6, 6.07) is 5.12. The van der Waals surface area contributed by atoms with E-state index in [9.17, 15) is 4.79 Å². The minimum Gasteiger partial charge on any atom is -0.465 e. The lowest BCUT2D eigenvalue weighted by Crippen LogP contribution is -2.04. The van der Waals surface area contributed by atoms with Crippen LogP contribution in [-0.2, 0) is 4.74 Å². The monoisotopic (exact) mass is 283 g/mol. The van der Waals surface area contributed by atoms with E-state index in [2.05, 4.69) is 27.4 Å². The highest BCUT2D eigenvalue weighted by Gasteiger charge is 2.21. The van der Waals surface area contributed by atoms with Gasteiger partial charge >= 0.3 is 5.97 Å². The summed E-state index contributed by atoms with van der Waals surface area (Å²) in [5.74, 6) is 0.0107. The summed E-state index contributed by atoms with van der Waals surface area (Å²) in [6.45, 7) is 1.70. The molecule has 18 heavy (non-hydrogen) atoms. The van der Waals surface area contributed by atoms with Crippen molar-refractivity contribution in [2.45, 2.75) is 11.9 Å². The molecule has 0 atom stereocenters. The van der Waals surface area contributed by atoms with Crippen LogP contribution in [0.4, 0.5) is 0 Å². The number of hydrogen-bond acceptors (Lipinski definition) is 5. The van der Waals surface area contributed by atoms with Gasteiger partial charge < -0.3 is 4.74 Å². The normalized spacial score (nSPS) is 10.4. The van der Waals surface area contributed by atoms with E-state index in [0.29, 0.717) is 27.3 Å². The predicted octanol–water partition coefficient (Wildman–Crippen LogP) is 2.30. The third-order valence-electron chi connectivity index (χ3n) is 2.34. The Labute approximate surface area is 114 Å². The maximum absolute atomic E-state index is 11.6. The molecule has 7 heteroatoms. The van der Waals surface area contributed by atoms with Crippen molar-refractivity contribution in [1.82, 2.24) is 14.8 Å². The second kappa shape index (κ2) is 4.99. The average molecular weight is 284 g/mol. The molecule has 0 N–H and O–H groups in total. The van der Waals surface area contributed by atoms with E-state index >= 15 is 0 Å². The van der Waals surface area contributed by atoms with E-state index in [1.807, 2.05) is 0 Å². The topological polar surface area (TPSA) is 57.0 Å². The molecule has 0 saturated heterocycles. The lowest BCUT2D eigenvalue weighted by Gasteiger charge is -2.03. The summed E-state index contributed by atoms with van der Waals surface area (Å²) in [4.78, 5) is 15.7. The number of carbonyl (C=O) groups excluding carboxylic acids is 1. The Morgan fingerprint density at radius 3 is 2.83 bits per heavy atom. The molecule has 2 rings (SSSR count). The minimum atomic E-state index is -0.481. The average Bonchev–Trinajstić information content (AvgIpc) is 2.64. The first kappa shape index (κ1) is 12.9. The predicted molar refractivity (Wildman–Crippen MR) is 69.7 cm³/mol. The molecule has 94 valence electrons. The number of methoxy groups -OCH3 is 1. The number of rotatable bonds is 2. The number of halogens is 1. The molecule has 0 aromatic carbocycles. The van der Waals surface area contributed by atoms with Gasteiger partial charge in [0.2, 0.25) is 0 Å². The van der Waals surface area contributed by atoms with Crippen LogP contribution < -0.4 is 0 Å². The molecule has 0 aliphatic heterocycles. The molecule has 2 aromatic heterocycles. The highest BCUT2D eigenvalue weighted by Crippen LogP contribution is 2.22. The van der Waals surface area contributed by atoms with E-state index in [4.69, 9.17) is 11.6 Å². The van der Waals surface area contributed by atoms with Crippen molar-refractivity contribution < 1.29 is 9.53 Å². The Hall–Kier alpha value is -1.53. The van der Waals surface area contributed by atoms with Crippen LogP contribution in [0, 0.1) is 6.92 Å². The van der Waals surface area contributed by atoms with Crippen molar-refractivity contribution in [2.24, 2.45) is 0 Å². The van der Waals surface area contributed by atoms with Crippen molar-refractivity contribution >= 4 is 30.2 Å². The molecule has 0 spiro atoms. The number of esters is 1. The largest absolute Gasteiger partial charge is 0.465 e. The van der Waals surface area contributed by atoms with E-state index < -0.39 is 5.97 Å². The van der Waals surface area contributed by atoms with Gasteiger partial charge in [-0.2, -0.15) is 5.10 Å². The van der Waals surface area contributed by atoms with Crippen molar-refractivity contribution in [1.29, 1.82) is 0 Å². The summed E-state index contributed by atoms with van der Waals surface area (Å²) in [5, 5.41) is 4.92. The zero-order valence-corrected chi connectivity index (χ0v) is 11.4. The third kappa shape index (κ3) is 2.21. The van der Waals surface area contributed by atoms with Crippen LogP contribution in [0.3, 0.4) is 0 Å². The molecule has 5 nitrogen and oxygen atoms in total. The Kier molecular flexibility index (Phi) is 3.58. The lowest BCUT2D eigenvalue weighted by molar-refractivity contribution is 0.0596. The molecule has 0 radical (unpaired) electrons. The highest BCUT2D eigenvalue weighted by molar-refractivity contribution is 7.80. The Morgan fingerprint density at radius 2 is 2.22 bits per heavy atom. The van der Waals surface area contributed by atoms with E-state index in [1.165, 1.54) is 11.8 Å². The first-order valence-electron chi connectivity index (χ1n) is 5.04. The lowest BCUT2D eigenvalue weighted by atomic mass is 10.3. The first-order valence-corrected chi connectivity index (χ1v) is 5.87. The van der Waals surface area contributed by atoms with Gasteiger partial charge in [0.1, 0.15) is 15.7 Å². The number of thiol groups is 1. The summed E-state index contributed by atoms with van der Waals surface area (Å²) < 4.78 is 6.12. The van der Waals surface area contributed by atoms with Gasteiger partial charge in [-0.25, -0.2) is 14.5 Å². The molecule has 0 bridgehead atoms. The number of hydrogen-bond donors (Lipinski definition) is 1. The molecular formula is C11H10ClN3O2S. The minimum absolute atomic E-state index is 0.322. The quantitative estimate of drug-likeness (QED) is 0.522. The molecule has 0 aliphatic rings. The standard InChI is InChI=1S/C11H10ClN3O2S/c1-6-9(11(16)17-2)10(18)15(14-6)8-5-3-4-7(12)13-8/h3-5,18H,1-2H3. The van der Waals surface area contributed by atoms with Gasteiger partial charge in [0.25, 0.3) is 0 Å². The smallest absolute Gasteiger partial charge is 0.342 e. The third-order valence-corrected chi connectivity index (χ3v) is 2.97. The zero-order chi connectivity index (χ0) is 13.3. The van der Waals surface area contributed by atoms with Crippen molar-refractivity contribution in [3.63, 3.8) is 0 Å². The number of ether oxygens (including phenoxy) is 1. The molecule has 0 amide bonds. The number of carbonyl (C=O) groups is 1. The van der Waals surface area contributed by atoms with Crippen LogP contribution in [0.5, 0.6) is 0 Å². The SMILES string of the molecule is COC(=O)c1c(C)nn(-c2cccc(Cl)n2)c1S. The molecular weight excluding hydrogens is 274 g/mol. The second-order valence-electron chi connectivity index (χ2n) is 3.51. The Bertz CT molecular complexity index is 612. The van der Waals surface area contributed by atoms with Gasteiger partial charge in [0.15, 0.2) is 5.82 Å². The number of aryl methyl sites for hydroxylation is 1. The van der Waals surface area contributed by atoms with Gasteiger partial charge in [0, 0.05) is 0 Å². The van der Waals surface area contributed by atoms with E-state index in [0.717, 1.165) is 0 Å². The second-order valence-corrected chi connectivity index (χ2v) is 4.32. The van der Waals surface area contributed by atoms with Crippen molar-refractivity contribution in [2.75, 3.05) is 7.11 Å². The first-order chi connectivity index (χ1) is 8.54. The molecule has 2 heterocycles. The van der Waals surface area contributed by atoms with Crippen LogP contribution >= 0.6 is 24.2 Å². The van der Waals surface area contributed by atoms with E-state index in [-0.39, 0.29) is 0 Å². The maximum Gasteiger partial charge on any atom is 0.342 e. The maximum atomic E-state index is 11.6. The van der Waals surface area contributed by atoms with Crippen molar-refractivity contribution in [3.05, 3.63) is 34.6 Å². The highest BCUT2D eigenvalue weighted by atomic mass is 35.5. The van der Waals surface area contributed by atoms with Crippen LogP contribution in [0.1, 0.15) is 16.1 Å². The summed E-state index contributed by atoms with van der Waals surface area (Å²) >= 11 is 10.1. The van der Waals surface area contributed by atoms with Crippen molar-refractivity contribution in [3.8, 4) is 5.82 Å². The number of aromatic nitrogens is 3. The van der Waals surface area contributed by atoms with Crippen LogP contribution in [0.25, 0.3) is 5.82 Å². The Balaban J connectivity index is 2.57. The number of nitrogens with zero attached hydrogens (tertiary/aromatic N) is 3. The summed E-state index contributed by atoms with van der Waals surface area (Å²) in [6.07, 6.45) is 0. The molecule has 2 aromatic rings. The van der Waals surface area contributed by atoms with Gasteiger partial charge in [-0.1, -0.05) is 17.7 Å². The van der Waals surface area contributed by atoms with Crippen LogP contribution in [0.15, 0.2) is 23.2 Å². The van der Waals surface area contributed by atoms with Gasteiger partial charge in [-0.05, 0) is 19.1 Å². The number of pyridine rings is 1. The molecule has 0 saturated carbocycles. The zero-order valence-electron chi connectivity index (χ0n) is 9.72. The fourth-order valence-corrected chi connectivity index (χ4v) is 2.09.